The van der Waals surface area contributed by atoms with Gasteiger partial charge < -0.3 is 4.74 Å². The minimum atomic E-state index is 0.131. The van der Waals surface area contributed by atoms with Crippen LogP contribution < -0.4 is 0 Å². The second-order valence-electron chi connectivity index (χ2n) is 8.54. The van der Waals surface area contributed by atoms with Crippen LogP contribution in [0.5, 0.6) is 0 Å². The van der Waals surface area contributed by atoms with Gasteiger partial charge in [-0.1, -0.05) is 61.0 Å². The molecule has 0 aromatic heterocycles. The van der Waals surface area contributed by atoms with E-state index in [0.717, 1.165) is 31.6 Å². The van der Waals surface area contributed by atoms with E-state index in [1.54, 1.807) is 0 Å². The maximum absolute atomic E-state index is 6.06. The lowest BCUT2D eigenvalue weighted by Crippen LogP contribution is -2.25. The molecule has 7 rings (SSSR count). The Bertz CT molecular complexity index is 863. The van der Waals surface area contributed by atoms with Crippen molar-refractivity contribution in [2.45, 2.75) is 52.5 Å². The maximum atomic E-state index is 6.06. The number of hydrogen-bond acceptors (Lipinski definition) is 2. The van der Waals surface area contributed by atoms with Crippen LogP contribution in [-0.2, 0) is 30.4 Å². The van der Waals surface area contributed by atoms with Gasteiger partial charge in [-0.15, -0.1) is 0 Å². The lowest BCUT2D eigenvalue weighted by Gasteiger charge is -2.21. The van der Waals surface area contributed by atoms with Crippen molar-refractivity contribution in [2.24, 2.45) is 10.4 Å². The first-order valence-corrected chi connectivity index (χ1v) is 10.3. The zero-order valence-corrected chi connectivity index (χ0v) is 17.4. The van der Waals surface area contributed by atoms with Gasteiger partial charge in [0.1, 0.15) is 6.61 Å². The molecule has 1 heterocycles. The SMILES string of the molecule is CC(C)(C)[C@H]1COC(c2cc3ccc2CCc2ccc(cc2Br)CC3)=N1. The van der Waals surface area contributed by atoms with Gasteiger partial charge in [0.05, 0.1) is 6.04 Å². The Balaban J connectivity index is 1.71. The van der Waals surface area contributed by atoms with Crippen LogP contribution in [-0.4, -0.2) is 18.5 Å². The molecular formula is C23H26BrNO. The molecule has 4 aliphatic carbocycles. The van der Waals surface area contributed by atoms with Crippen LogP contribution >= 0.6 is 15.9 Å². The van der Waals surface area contributed by atoms with E-state index in [-0.39, 0.29) is 11.5 Å². The first-order chi connectivity index (χ1) is 12.4. The van der Waals surface area contributed by atoms with Crippen molar-refractivity contribution in [2.75, 3.05) is 6.61 Å². The molecule has 0 saturated carbocycles. The molecule has 0 saturated heterocycles. The highest BCUT2D eigenvalue weighted by molar-refractivity contribution is 9.10. The Labute approximate surface area is 164 Å². The first kappa shape index (κ1) is 17.8. The summed E-state index contributed by atoms with van der Waals surface area (Å²) in [6.45, 7) is 7.39. The highest BCUT2D eigenvalue weighted by Gasteiger charge is 2.31. The average molecular weight is 412 g/mol. The standard InChI is InChI=1S/C23H26BrNO/c1-23(2,3)21-14-26-22(25-21)19-12-15-4-5-16-7-9-18(20(24)13-16)11-10-17(19)8-6-15/h6-9,12-13,21H,4-5,10-11,14H2,1-3H3/t21-/m1/s1. The minimum Gasteiger partial charge on any atom is -0.475 e. The van der Waals surface area contributed by atoms with E-state index in [0.29, 0.717) is 6.61 Å². The topological polar surface area (TPSA) is 21.6 Å². The van der Waals surface area contributed by atoms with Crippen LogP contribution in [0.1, 0.15) is 48.6 Å². The number of ether oxygens (including phenoxy) is 1. The summed E-state index contributed by atoms with van der Waals surface area (Å²) in [5.41, 5.74) is 6.77. The van der Waals surface area contributed by atoms with Gasteiger partial charge in [-0.05, 0) is 65.5 Å². The molecule has 5 aliphatic rings. The molecule has 2 aromatic carbocycles. The Kier molecular flexibility index (Phi) is 4.68. The number of aryl methyl sites for hydroxylation is 4. The van der Waals surface area contributed by atoms with Gasteiger partial charge in [0.25, 0.3) is 0 Å². The molecule has 0 radical (unpaired) electrons. The first-order valence-electron chi connectivity index (χ1n) is 9.50. The van der Waals surface area contributed by atoms with E-state index >= 15 is 0 Å². The summed E-state index contributed by atoms with van der Waals surface area (Å²) in [5, 5.41) is 0. The molecule has 4 bridgehead atoms. The van der Waals surface area contributed by atoms with Crippen molar-refractivity contribution >= 4 is 21.8 Å². The van der Waals surface area contributed by atoms with Gasteiger partial charge in [-0.2, -0.15) is 0 Å². The summed E-state index contributed by atoms with van der Waals surface area (Å²) >= 11 is 3.75. The molecule has 2 nitrogen and oxygen atoms in total. The summed E-state index contributed by atoms with van der Waals surface area (Å²) in [4.78, 5) is 4.94. The molecule has 26 heavy (non-hydrogen) atoms. The maximum Gasteiger partial charge on any atom is 0.216 e. The zero-order chi connectivity index (χ0) is 18.3. The third-order valence-corrected chi connectivity index (χ3v) is 6.28. The molecule has 3 heteroatoms. The number of hydrogen-bond donors (Lipinski definition) is 0. The number of rotatable bonds is 1. The predicted octanol–water partition coefficient (Wildman–Crippen LogP) is 5.52. The van der Waals surface area contributed by atoms with Crippen molar-refractivity contribution in [3.05, 3.63) is 68.7 Å². The second kappa shape index (κ2) is 6.84. The number of aliphatic imine (C=N–C) groups is 1. The number of nitrogens with zero attached hydrogens (tertiary/aromatic N) is 1. The van der Waals surface area contributed by atoms with Gasteiger partial charge in [0, 0.05) is 10.0 Å². The zero-order valence-electron chi connectivity index (χ0n) is 15.8. The van der Waals surface area contributed by atoms with Gasteiger partial charge in [0.2, 0.25) is 5.90 Å². The summed E-state index contributed by atoms with van der Waals surface area (Å²) in [6, 6.07) is 13.9. The third-order valence-electron chi connectivity index (χ3n) is 5.54. The smallest absolute Gasteiger partial charge is 0.216 e. The Morgan fingerprint density at radius 3 is 2.23 bits per heavy atom. The van der Waals surface area contributed by atoms with Gasteiger partial charge in [0.15, 0.2) is 0 Å². The Hall–Kier alpha value is -1.61. The molecule has 1 aliphatic heterocycles. The van der Waals surface area contributed by atoms with E-state index in [9.17, 15) is 0 Å². The fraction of sp³-hybridized carbons (Fsp3) is 0.435. The highest BCUT2D eigenvalue weighted by atomic mass is 79.9. The van der Waals surface area contributed by atoms with Crippen LogP contribution in [0.25, 0.3) is 0 Å². The van der Waals surface area contributed by atoms with Crippen molar-refractivity contribution in [3.8, 4) is 0 Å². The molecule has 0 amide bonds. The molecule has 0 N–H and O–H groups in total. The second-order valence-corrected chi connectivity index (χ2v) is 9.40. The van der Waals surface area contributed by atoms with Crippen LogP contribution in [0.15, 0.2) is 45.9 Å². The predicted molar refractivity (Wildman–Crippen MR) is 111 cm³/mol. The number of halogens is 1. The van der Waals surface area contributed by atoms with Crippen LogP contribution in [0.3, 0.4) is 0 Å². The van der Waals surface area contributed by atoms with Gasteiger partial charge in [-0.3, -0.25) is 0 Å². The Morgan fingerprint density at radius 2 is 1.58 bits per heavy atom. The molecular weight excluding hydrogens is 386 g/mol. The van der Waals surface area contributed by atoms with Crippen molar-refractivity contribution in [1.29, 1.82) is 0 Å². The summed E-state index contributed by atoms with van der Waals surface area (Å²) in [7, 11) is 0. The van der Waals surface area contributed by atoms with E-state index in [1.165, 1.54) is 32.3 Å². The number of benzene rings is 2. The average Bonchev–Trinajstić information content (AvgIpc) is 3.08. The molecule has 2 aromatic rings. The van der Waals surface area contributed by atoms with Crippen molar-refractivity contribution in [1.82, 2.24) is 0 Å². The largest absolute Gasteiger partial charge is 0.475 e. The molecule has 136 valence electrons. The summed E-state index contributed by atoms with van der Waals surface area (Å²) in [6.07, 6.45) is 4.10. The van der Waals surface area contributed by atoms with Crippen LogP contribution in [0.4, 0.5) is 0 Å². The lowest BCUT2D eigenvalue weighted by atomic mass is 9.88. The lowest BCUT2D eigenvalue weighted by molar-refractivity contribution is 0.236. The highest BCUT2D eigenvalue weighted by Crippen LogP contribution is 2.30. The van der Waals surface area contributed by atoms with E-state index in [1.807, 2.05) is 0 Å². The fourth-order valence-electron chi connectivity index (χ4n) is 3.67. The Morgan fingerprint density at radius 1 is 0.923 bits per heavy atom. The summed E-state index contributed by atoms with van der Waals surface area (Å²) in [5.74, 6) is 0.840. The summed E-state index contributed by atoms with van der Waals surface area (Å²) < 4.78 is 7.29. The fourth-order valence-corrected chi connectivity index (χ4v) is 4.29. The van der Waals surface area contributed by atoms with Crippen molar-refractivity contribution < 1.29 is 4.74 Å². The van der Waals surface area contributed by atoms with E-state index in [2.05, 4.69) is 73.1 Å². The third kappa shape index (κ3) is 3.59. The normalized spacial score (nSPS) is 19.7. The molecule has 1 atom stereocenters. The quantitative estimate of drug-likeness (QED) is 0.604. The molecule has 0 unspecified atom stereocenters. The van der Waals surface area contributed by atoms with Crippen molar-refractivity contribution in [3.63, 3.8) is 0 Å². The van der Waals surface area contributed by atoms with Crippen LogP contribution in [0.2, 0.25) is 0 Å². The van der Waals surface area contributed by atoms with Crippen LogP contribution in [0, 0.1) is 5.41 Å². The monoisotopic (exact) mass is 411 g/mol. The van der Waals surface area contributed by atoms with Gasteiger partial charge in [-0.25, -0.2) is 4.99 Å². The van der Waals surface area contributed by atoms with Gasteiger partial charge >= 0.3 is 0 Å². The molecule has 0 fully saturated rings. The minimum absolute atomic E-state index is 0.131. The molecule has 0 spiro atoms. The van der Waals surface area contributed by atoms with E-state index < -0.39 is 0 Å². The van der Waals surface area contributed by atoms with E-state index in [4.69, 9.17) is 9.73 Å².